The highest BCUT2D eigenvalue weighted by molar-refractivity contribution is 7.89. The van der Waals surface area contributed by atoms with Gasteiger partial charge in [0.15, 0.2) is 0 Å². The van der Waals surface area contributed by atoms with Gasteiger partial charge in [-0.2, -0.15) is 13.5 Å². The van der Waals surface area contributed by atoms with E-state index >= 15 is 0 Å². The molecule has 106 valence electrons. The molecule has 0 aliphatic carbocycles. The number of benzene rings is 1. The lowest BCUT2D eigenvalue weighted by Crippen LogP contribution is -2.44. The first-order valence-electron chi connectivity index (χ1n) is 6.06. The number of rotatable bonds is 4. The predicted octanol–water partition coefficient (Wildman–Crippen LogP) is 2.08. The maximum atomic E-state index is 12.6. The third kappa shape index (κ3) is 2.54. The zero-order chi connectivity index (χ0) is 15.0. The van der Waals surface area contributed by atoms with Crippen LogP contribution in [0.1, 0.15) is 25.8 Å². The standard InChI is InChI=1S/C13H15N3O2S2/c1-5-13(4,6-2)16-20(17,18)12-9(3)7-8-10-11(12)15-19-14-10/h1,7-8,16H,6H2,2-4H3/t13-/m1/s1. The minimum atomic E-state index is -3.76. The van der Waals surface area contributed by atoms with E-state index in [0.29, 0.717) is 23.0 Å². The van der Waals surface area contributed by atoms with E-state index in [2.05, 4.69) is 19.4 Å². The van der Waals surface area contributed by atoms with E-state index in [1.165, 1.54) is 0 Å². The Balaban J connectivity index is 2.61. The van der Waals surface area contributed by atoms with Crippen LogP contribution in [0.2, 0.25) is 0 Å². The van der Waals surface area contributed by atoms with Crippen molar-refractivity contribution in [2.24, 2.45) is 0 Å². The molecule has 2 aromatic rings. The Labute approximate surface area is 122 Å². The van der Waals surface area contributed by atoms with Crippen molar-refractivity contribution in [3.63, 3.8) is 0 Å². The second-order valence-corrected chi connectivity index (χ2v) is 6.93. The number of aromatic nitrogens is 2. The Kier molecular flexibility index (Phi) is 3.82. The molecule has 20 heavy (non-hydrogen) atoms. The molecule has 0 radical (unpaired) electrons. The molecule has 2 rings (SSSR count). The van der Waals surface area contributed by atoms with Crippen LogP contribution in [0.4, 0.5) is 0 Å². The van der Waals surface area contributed by atoms with Crippen molar-refractivity contribution < 1.29 is 8.42 Å². The van der Waals surface area contributed by atoms with Gasteiger partial charge < -0.3 is 0 Å². The number of hydrogen-bond acceptors (Lipinski definition) is 5. The summed E-state index contributed by atoms with van der Waals surface area (Å²) < 4.78 is 36.0. The monoisotopic (exact) mass is 309 g/mol. The number of nitrogens with zero attached hydrogens (tertiary/aromatic N) is 2. The second-order valence-electron chi connectivity index (χ2n) is 4.78. The highest BCUT2D eigenvalue weighted by Crippen LogP contribution is 2.26. The van der Waals surface area contributed by atoms with Gasteiger partial charge in [-0.3, -0.25) is 0 Å². The van der Waals surface area contributed by atoms with Crippen LogP contribution >= 0.6 is 11.7 Å². The SMILES string of the molecule is C#C[C@](C)(CC)NS(=O)(=O)c1c(C)ccc2nsnc12. The molecule has 0 saturated heterocycles. The first kappa shape index (κ1) is 14.9. The van der Waals surface area contributed by atoms with Gasteiger partial charge >= 0.3 is 0 Å². The molecular formula is C13H15N3O2S2. The van der Waals surface area contributed by atoms with Gasteiger partial charge in [0.1, 0.15) is 15.9 Å². The van der Waals surface area contributed by atoms with Crippen LogP contribution in [0.15, 0.2) is 17.0 Å². The number of terminal acetylenes is 1. The Hall–Kier alpha value is -1.49. The third-order valence-corrected chi connectivity index (χ3v) is 5.55. The molecule has 5 nitrogen and oxygen atoms in total. The average molecular weight is 309 g/mol. The van der Waals surface area contributed by atoms with Crippen LogP contribution in [0.5, 0.6) is 0 Å². The zero-order valence-corrected chi connectivity index (χ0v) is 13.1. The molecular weight excluding hydrogens is 294 g/mol. The van der Waals surface area contributed by atoms with E-state index in [0.717, 1.165) is 11.7 Å². The lowest BCUT2D eigenvalue weighted by molar-refractivity contribution is 0.500. The summed E-state index contributed by atoms with van der Waals surface area (Å²) in [5, 5.41) is 0. The summed E-state index contributed by atoms with van der Waals surface area (Å²) in [5.41, 5.74) is 0.655. The maximum Gasteiger partial charge on any atom is 0.244 e. The van der Waals surface area contributed by atoms with E-state index < -0.39 is 15.6 Å². The number of fused-ring (bicyclic) bond motifs is 1. The topological polar surface area (TPSA) is 72.0 Å². The van der Waals surface area contributed by atoms with Crippen LogP contribution < -0.4 is 4.72 Å². The van der Waals surface area contributed by atoms with Crippen molar-refractivity contribution in [2.75, 3.05) is 0 Å². The smallest absolute Gasteiger partial charge is 0.207 e. The molecule has 0 aliphatic rings. The van der Waals surface area contributed by atoms with E-state index in [4.69, 9.17) is 6.42 Å². The number of sulfonamides is 1. The average Bonchev–Trinajstić information content (AvgIpc) is 2.85. The quantitative estimate of drug-likeness (QED) is 0.878. The minimum absolute atomic E-state index is 0.152. The van der Waals surface area contributed by atoms with Crippen molar-refractivity contribution in [3.05, 3.63) is 17.7 Å². The fourth-order valence-corrected chi connectivity index (χ4v) is 4.21. The zero-order valence-electron chi connectivity index (χ0n) is 11.5. The minimum Gasteiger partial charge on any atom is -0.207 e. The van der Waals surface area contributed by atoms with Gasteiger partial charge in [0.2, 0.25) is 10.0 Å². The number of aryl methyl sites for hydroxylation is 1. The first-order chi connectivity index (χ1) is 9.33. The van der Waals surface area contributed by atoms with E-state index in [1.807, 2.05) is 6.92 Å². The maximum absolute atomic E-state index is 12.6. The Morgan fingerprint density at radius 2 is 2.15 bits per heavy atom. The summed E-state index contributed by atoms with van der Waals surface area (Å²) >= 11 is 0.989. The van der Waals surface area contributed by atoms with E-state index in [1.54, 1.807) is 26.0 Å². The first-order valence-corrected chi connectivity index (χ1v) is 8.28. The van der Waals surface area contributed by atoms with Gasteiger partial charge in [0.05, 0.1) is 17.3 Å². The van der Waals surface area contributed by atoms with Gasteiger partial charge in [-0.1, -0.05) is 18.9 Å². The molecule has 0 aliphatic heterocycles. The molecule has 0 fully saturated rings. The van der Waals surface area contributed by atoms with E-state index in [-0.39, 0.29) is 4.90 Å². The highest BCUT2D eigenvalue weighted by Gasteiger charge is 2.30. The highest BCUT2D eigenvalue weighted by atomic mass is 32.2. The molecule has 0 spiro atoms. The summed E-state index contributed by atoms with van der Waals surface area (Å²) in [6.07, 6.45) is 5.92. The molecule has 7 heteroatoms. The molecule has 0 bridgehead atoms. The molecule has 0 saturated carbocycles. The van der Waals surface area contributed by atoms with Gasteiger partial charge in [-0.15, -0.1) is 6.42 Å². The summed E-state index contributed by atoms with van der Waals surface area (Å²) in [6, 6.07) is 3.48. The number of nitrogens with one attached hydrogen (secondary N) is 1. The largest absolute Gasteiger partial charge is 0.244 e. The summed E-state index contributed by atoms with van der Waals surface area (Å²) in [4.78, 5) is 0.152. The van der Waals surface area contributed by atoms with Crippen LogP contribution in [0, 0.1) is 19.3 Å². The molecule has 0 unspecified atom stereocenters. The molecule has 1 heterocycles. The van der Waals surface area contributed by atoms with Crippen LogP contribution in [-0.4, -0.2) is 22.7 Å². The van der Waals surface area contributed by atoms with Crippen molar-refractivity contribution in [1.29, 1.82) is 0 Å². The normalized spacial score (nSPS) is 14.9. The van der Waals surface area contributed by atoms with Crippen molar-refractivity contribution >= 4 is 32.8 Å². The van der Waals surface area contributed by atoms with E-state index in [9.17, 15) is 8.42 Å². The molecule has 0 amide bonds. The molecule has 1 N–H and O–H groups in total. The van der Waals surface area contributed by atoms with Crippen molar-refractivity contribution in [2.45, 2.75) is 37.6 Å². The van der Waals surface area contributed by atoms with Gasteiger partial charge in [0.25, 0.3) is 0 Å². The molecule has 1 aromatic heterocycles. The Morgan fingerprint density at radius 3 is 2.75 bits per heavy atom. The van der Waals surface area contributed by atoms with Crippen LogP contribution in [0.3, 0.4) is 0 Å². The Morgan fingerprint density at radius 1 is 1.45 bits per heavy atom. The lowest BCUT2D eigenvalue weighted by atomic mass is 10.0. The van der Waals surface area contributed by atoms with Gasteiger partial charge in [0, 0.05) is 0 Å². The van der Waals surface area contributed by atoms with Crippen LogP contribution in [-0.2, 0) is 10.0 Å². The van der Waals surface area contributed by atoms with Gasteiger partial charge in [-0.05, 0) is 31.9 Å². The Bertz CT molecular complexity index is 790. The fourth-order valence-electron chi connectivity index (χ4n) is 1.82. The fraction of sp³-hybridized carbons (Fsp3) is 0.385. The molecule has 1 aromatic carbocycles. The molecule has 1 atom stereocenters. The van der Waals surface area contributed by atoms with Gasteiger partial charge in [-0.25, -0.2) is 8.42 Å². The third-order valence-electron chi connectivity index (χ3n) is 3.23. The second kappa shape index (κ2) is 5.13. The predicted molar refractivity (Wildman–Crippen MR) is 80.0 cm³/mol. The van der Waals surface area contributed by atoms with Crippen molar-refractivity contribution in [3.8, 4) is 12.3 Å². The summed E-state index contributed by atoms with van der Waals surface area (Å²) in [7, 11) is -3.76. The summed E-state index contributed by atoms with van der Waals surface area (Å²) in [5.74, 6) is 2.49. The number of hydrogen-bond donors (Lipinski definition) is 1. The lowest BCUT2D eigenvalue weighted by Gasteiger charge is -2.23. The summed E-state index contributed by atoms with van der Waals surface area (Å²) in [6.45, 7) is 5.24. The van der Waals surface area contributed by atoms with Crippen LogP contribution in [0.25, 0.3) is 11.0 Å². The van der Waals surface area contributed by atoms with Crippen molar-refractivity contribution in [1.82, 2.24) is 13.5 Å².